The Hall–Kier alpha value is -1.81. The van der Waals surface area contributed by atoms with Gasteiger partial charge in [0.15, 0.2) is 5.76 Å². The maximum Gasteiger partial charge on any atom is 0.167 e. The molecule has 0 radical (unpaired) electrons. The van der Waals surface area contributed by atoms with E-state index in [1.165, 1.54) is 0 Å². The van der Waals surface area contributed by atoms with Crippen molar-refractivity contribution in [2.24, 2.45) is 5.73 Å². The molecule has 0 spiro atoms. The Morgan fingerprint density at radius 1 is 1.21 bits per heavy atom. The van der Waals surface area contributed by atoms with Crippen molar-refractivity contribution in [1.82, 2.24) is 5.16 Å². The summed E-state index contributed by atoms with van der Waals surface area (Å²) >= 11 is 0. The first kappa shape index (κ1) is 13.6. The number of methoxy groups -OCH3 is 1. The molecule has 19 heavy (non-hydrogen) atoms. The van der Waals surface area contributed by atoms with Gasteiger partial charge in [0.2, 0.25) is 0 Å². The van der Waals surface area contributed by atoms with Gasteiger partial charge < -0.3 is 15.0 Å². The second-order valence-electron chi connectivity index (χ2n) is 4.75. The topological polar surface area (TPSA) is 61.3 Å². The summed E-state index contributed by atoms with van der Waals surface area (Å²) in [7, 11) is 1.70. The third-order valence-corrected chi connectivity index (χ3v) is 3.46. The lowest BCUT2D eigenvalue weighted by Gasteiger charge is -2.13. The Morgan fingerprint density at radius 3 is 2.58 bits per heavy atom. The molecule has 0 aliphatic heterocycles. The van der Waals surface area contributed by atoms with Crippen LogP contribution in [0.1, 0.15) is 22.4 Å². The standard InChI is InChI=1S/C15H20N2O2/c1-9-7-13(10(2)11(3)15(9)18-4)14-8-12(5-6-16)17-19-14/h7-8H,5-6,16H2,1-4H3. The number of hydrogen-bond donors (Lipinski definition) is 1. The van der Waals surface area contributed by atoms with Crippen molar-refractivity contribution >= 4 is 0 Å². The van der Waals surface area contributed by atoms with Crippen molar-refractivity contribution in [3.63, 3.8) is 0 Å². The molecule has 2 aromatic rings. The first-order valence-corrected chi connectivity index (χ1v) is 6.39. The predicted octanol–water partition coefficient (Wildman–Crippen LogP) is 2.78. The SMILES string of the molecule is COc1c(C)cc(-c2cc(CCN)no2)c(C)c1C. The lowest BCUT2D eigenvalue weighted by atomic mass is 9.97. The van der Waals surface area contributed by atoms with Gasteiger partial charge >= 0.3 is 0 Å². The van der Waals surface area contributed by atoms with Gasteiger partial charge in [0, 0.05) is 18.1 Å². The van der Waals surface area contributed by atoms with E-state index in [0.717, 1.165) is 45.9 Å². The van der Waals surface area contributed by atoms with Crippen LogP contribution < -0.4 is 10.5 Å². The highest BCUT2D eigenvalue weighted by Crippen LogP contribution is 2.34. The minimum atomic E-state index is 0.575. The fourth-order valence-corrected chi connectivity index (χ4v) is 2.33. The lowest BCUT2D eigenvalue weighted by molar-refractivity contribution is 0.407. The van der Waals surface area contributed by atoms with E-state index < -0.39 is 0 Å². The summed E-state index contributed by atoms with van der Waals surface area (Å²) in [4.78, 5) is 0. The molecule has 0 fully saturated rings. The van der Waals surface area contributed by atoms with Gasteiger partial charge in [-0.1, -0.05) is 5.16 Å². The molecule has 1 aromatic heterocycles. The number of ether oxygens (including phenoxy) is 1. The zero-order valence-corrected chi connectivity index (χ0v) is 11.9. The Bertz CT molecular complexity index is 588. The Labute approximate surface area is 113 Å². The Morgan fingerprint density at radius 2 is 1.95 bits per heavy atom. The fourth-order valence-electron chi connectivity index (χ4n) is 2.33. The van der Waals surface area contributed by atoms with E-state index in [4.69, 9.17) is 15.0 Å². The van der Waals surface area contributed by atoms with Gasteiger partial charge in [-0.05, 0) is 50.1 Å². The lowest BCUT2D eigenvalue weighted by Crippen LogP contribution is -2.02. The minimum Gasteiger partial charge on any atom is -0.496 e. The van der Waals surface area contributed by atoms with Crippen molar-refractivity contribution in [2.45, 2.75) is 27.2 Å². The van der Waals surface area contributed by atoms with E-state index in [1.54, 1.807) is 7.11 Å². The summed E-state index contributed by atoms with van der Waals surface area (Å²) in [6, 6.07) is 4.04. The second kappa shape index (κ2) is 5.45. The molecule has 2 N–H and O–H groups in total. The quantitative estimate of drug-likeness (QED) is 0.918. The molecule has 2 rings (SSSR count). The highest BCUT2D eigenvalue weighted by Gasteiger charge is 2.15. The third kappa shape index (κ3) is 2.49. The number of nitrogens with zero attached hydrogens (tertiary/aromatic N) is 1. The molecule has 1 aromatic carbocycles. The molecule has 0 unspecified atom stereocenters. The van der Waals surface area contributed by atoms with Crippen LogP contribution in [0.25, 0.3) is 11.3 Å². The summed E-state index contributed by atoms with van der Waals surface area (Å²) in [6.07, 6.45) is 0.733. The monoisotopic (exact) mass is 260 g/mol. The van der Waals surface area contributed by atoms with Crippen molar-refractivity contribution in [1.29, 1.82) is 0 Å². The molecular weight excluding hydrogens is 240 g/mol. The number of nitrogens with two attached hydrogens (primary N) is 1. The van der Waals surface area contributed by atoms with E-state index in [0.29, 0.717) is 6.54 Å². The highest BCUT2D eigenvalue weighted by molar-refractivity contribution is 5.68. The summed E-state index contributed by atoms with van der Waals surface area (Å²) in [5, 5.41) is 4.04. The van der Waals surface area contributed by atoms with Crippen LogP contribution in [0.5, 0.6) is 5.75 Å². The van der Waals surface area contributed by atoms with E-state index in [-0.39, 0.29) is 0 Å². The average Bonchev–Trinajstić information content (AvgIpc) is 2.83. The molecule has 1 heterocycles. The van der Waals surface area contributed by atoms with E-state index in [9.17, 15) is 0 Å². The van der Waals surface area contributed by atoms with Crippen LogP contribution in [-0.2, 0) is 6.42 Å². The van der Waals surface area contributed by atoms with Crippen LogP contribution in [0.2, 0.25) is 0 Å². The number of rotatable bonds is 4. The minimum absolute atomic E-state index is 0.575. The first-order valence-electron chi connectivity index (χ1n) is 6.39. The van der Waals surface area contributed by atoms with Gasteiger partial charge in [-0.3, -0.25) is 0 Å². The average molecular weight is 260 g/mol. The summed E-state index contributed by atoms with van der Waals surface area (Å²) in [5.41, 5.74) is 10.9. The first-order chi connectivity index (χ1) is 9.08. The maximum absolute atomic E-state index is 5.53. The zero-order chi connectivity index (χ0) is 14.0. The molecule has 0 saturated carbocycles. The van der Waals surface area contributed by atoms with E-state index >= 15 is 0 Å². The van der Waals surface area contributed by atoms with Crippen LogP contribution >= 0.6 is 0 Å². The van der Waals surface area contributed by atoms with Gasteiger partial charge in [0.25, 0.3) is 0 Å². The van der Waals surface area contributed by atoms with Crippen LogP contribution in [0.15, 0.2) is 16.7 Å². The molecule has 4 heteroatoms. The molecule has 4 nitrogen and oxygen atoms in total. The second-order valence-corrected chi connectivity index (χ2v) is 4.75. The smallest absolute Gasteiger partial charge is 0.167 e. The molecule has 0 aliphatic rings. The summed E-state index contributed by atoms with van der Waals surface area (Å²) in [6.45, 7) is 6.73. The van der Waals surface area contributed by atoms with E-state index in [2.05, 4.69) is 25.1 Å². The van der Waals surface area contributed by atoms with Crippen LogP contribution in [0.4, 0.5) is 0 Å². The van der Waals surface area contributed by atoms with Crippen molar-refractivity contribution in [2.75, 3.05) is 13.7 Å². The van der Waals surface area contributed by atoms with Gasteiger partial charge in [-0.15, -0.1) is 0 Å². The van der Waals surface area contributed by atoms with Crippen LogP contribution in [0, 0.1) is 20.8 Å². The highest BCUT2D eigenvalue weighted by atomic mass is 16.5. The predicted molar refractivity (Wildman–Crippen MR) is 75.5 cm³/mol. The number of benzene rings is 1. The normalized spacial score (nSPS) is 10.8. The largest absolute Gasteiger partial charge is 0.496 e. The Kier molecular flexibility index (Phi) is 3.90. The molecule has 0 aliphatic carbocycles. The van der Waals surface area contributed by atoms with Crippen LogP contribution in [-0.4, -0.2) is 18.8 Å². The third-order valence-electron chi connectivity index (χ3n) is 3.46. The van der Waals surface area contributed by atoms with Gasteiger partial charge in [-0.2, -0.15) is 0 Å². The van der Waals surface area contributed by atoms with Crippen molar-refractivity contribution < 1.29 is 9.26 Å². The fraction of sp³-hybridized carbons (Fsp3) is 0.400. The summed E-state index contributed by atoms with van der Waals surface area (Å²) in [5.74, 6) is 1.72. The van der Waals surface area contributed by atoms with Crippen molar-refractivity contribution in [3.05, 3.63) is 34.5 Å². The molecule has 102 valence electrons. The summed E-state index contributed by atoms with van der Waals surface area (Å²) < 4.78 is 10.8. The number of hydrogen-bond acceptors (Lipinski definition) is 4. The zero-order valence-electron chi connectivity index (χ0n) is 11.9. The van der Waals surface area contributed by atoms with E-state index in [1.807, 2.05) is 13.0 Å². The molecule has 0 saturated heterocycles. The Balaban J connectivity index is 2.50. The van der Waals surface area contributed by atoms with Gasteiger partial charge in [-0.25, -0.2) is 0 Å². The molecule has 0 atom stereocenters. The number of aryl methyl sites for hydroxylation is 1. The maximum atomic E-state index is 5.53. The van der Waals surface area contributed by atoms with Crippen molar-refractivity contribution in [3.8, 4) is 17.1 Å². The molecule has 0 bridgehead atoms. The molecule has 0 amide bonds. The van der Waals surface area contributed by atoms with Gasteiger partial charge in [0.1, 0.15) is 5.75 Å². The number of aromatic nitrogens is 1. The van der Waals surface area contributed by atoms with Gasteiger partial charge in [0.05, 0.1) is 12.8 Å². The van der Waals surface area contributed by atoms with Crippen LogP contribution in [0.3, 0.4) is 0 Å². The molecular formula is C15H20N2O2.